The van der Waals surface area contributed by atoms with Crippen LogP contribution in [0.25, 0.3) is 5.70 Å². The smallest absolute Gasteiger partial charge is 0.270 e. The van der Waals surface area contributed by atoms with E-state index in [-0.39, 0.29) is 29.7 Å². The molecule has 5 rings (SSSR count). The normalized spacial score (nSPS) is 15.6. The molecule has 2 aliphatic heterocycles. The SMILES string of the molecule is NCC1CCN(c2c(F)cccc2NC(=O)C2=NC(c3cc(NCc4ccc(F)cc4)nc(N)n3)=CC2)CC1. The Kier molecular flexibility index (Phi) is 7.78. The second kappa shape index (κ2) is 11.6. The number of hydrogen-bond donors (Lipinski definition) is 4. The molecule has 11 heteroatoms. The van der Waals surface area contributed by atoms with Crippen LogP contribution in [0.4, 0.5) is 31.9 Å². The zero-order valence-corrected chi connectivity index (χ0v) is 21.3. The molecule has 1 aromatic heterocycles. The van der Waals surface area contributed by atoms with Gasteiger partial charge in [0.1, 0.15) is 23.2 Å². The van der Waals surface area contributed by atoms with Gasteiger partial charge in [0.2, 0.25) is 5.95 Å². The Morgan fingerprint density at radius 2 is 1.85 bits per heavy atom. The highest BCUT2D eigenvalue weighted by Crippen LogP contribution is 2.33. The third-order valence-electron chi connectivity index (χ3n) is 6.90. The lowest BCUT2D eigenvalue weighted by atomic mass is 9.96. The van der Waals surface area contributed by atoms with Gasteiger partial charge in [-0.25, -0.2) is 18.8 Å². The third-order valence-corrected chi connectivity index (χ3v) is 6.90. The van der Waals surface area contributed by atoms with Crippen molar-refractivity contribution in [3.05, 3.63) is 77.5 Å². The summed E-state index contributed by atoms with van der Waals surface area (Å²) >= 11 is 0. The summed E-state index contributed by atoms with van der Waals surface area (Å²) in [5.74, 6) is -0.161. The van der Waals surface area contributed by atoms with E-state index in [2.05, 4.69) is 25.6 Å². The number of carbonyl (C=O) groups excluding carboxylic acids is 1. The van der Waals surface area contributed by atoms with E-state index < -0.39 is 5.91 Å². The monoisotopic (exact) mass is 532 g/mol. The molecule has 0 spiro atoms. The first kappa shape index (κ1) is 26.2. The van der Waals surface area contributed by atoms with Gasteiger partial charge >= 0.3 is 0 Å². The molecule has 9 nitrogen and oxygen atoms in total. The molecule has 0 saturated carbocycles. The number of benzene rings is 2. The average Bonchev–Trinajstić information content (AvgIpc) is 3.44. The van der Waals surface area contributed by atoms with Gasteiger partial charge in [-0.2, -0.15) is 4.98 Å². The summed E-state index contributed by atoms with van der Waals surface area (Å²) < 4.78 is 28.0. The van der Waals surface area contributed by atoms with Crippen LogP contribution in [0, 0.1) is 17.6 Å². The van der Waals surface area contributed by atoms with Crippen LogP contribution in [-0.4, -0.2) is 41.2 Å². The van der Waals surface area contributed by atoms with Crippen LogP contribution in [0.1, 0.15) is 30.5 Å². The maximum absolute atomic E-state index is 14.9. The minimum absolute atomic E-state index is 0.0471. The fourth-order valence-electron chi connectivity index (χ4n) is 4.74. The lowest BCUT2D eigenvalue weighted by molar-refractivity contribution is -0.110. The van der Waals surface area contributed by atoms with Crippen LogP contribution >= 0.6 is 0 Å². The number of anilines is 4. The van der Waals surface area contributed by atoms with E-state index in [0.29, 0.717) is 60.7 Å². The molecule has 2 aromatic carbocycles. The van der Waals surface area contributed by atoms with Gasteiger partial charge in [0.15, 0.2) is 0 Å². The second-order valence-corrected chi connectivity index (χ2v) is 9.58. The minimum atomic E-state index is -0.415. The van der Waals surface area contributed by atoms with Crippen LogP contribution in [0.5, 0.6) is 0 Å². The predicted molar refractivity (Wildman–Crippen MR) is 149 cm³/mol. The Morgan fingerprint density at radius 3 is 2.59 bits per heavy atom. The van der Waals surface area contributed by atoms with Gasteiger partial charge in [0.05, 0.1) is 22.8 Å². The topological polar surface area (TPSA) is 135 Å². The van der Waals surface area contributed by atoms with Crippen LogP contribution in [0.2, 0.25) is 0 Å². The largest absolute Gasteiger partial charge is 0.368 e. The number of piperidine rings is 1. The van der Waals surface area contributed by atoms with E-state index in [0.717, 1.165) is 18.4 Å². The molecule has 0 aliphatic carbocycles. The maximum Gasteiger partial charge on any atom is 0.270 e. The number of aliphatic imine (C=N–C) groups is 1. The number of amides is 1. The number of para-hydroxylation sites is 1. The van der Waals surface area contributed by atoms with Gasteiger partial charge in [-0.15, -0.1) is 0 Å². The lowest BCUT2D eigenvalue weighted by Gasteiger charge is -2.34. The van der Waals surface area contributed by atoms with Gasteiger partial charge in [-0.1, -0.05) is 24.3 Å². The highest BCUT2D eigenvalue weighted by atomic mass is 19.1. The highest BCUT2D eigenvalue weighted by Gasteiger charge is 2.25. The van der Waals surface area contributed by atoms with Crippen molar-refractivity contribution in [2.24, 2.45) is 16.6 Å². The summed E-state index contributed by atoms with van der Waals surface area (Å²) in [5.41, 5.74) is 14.6. The lowest BCUT2D eigenvalue weighted by Crippen LogP contribution is -2.37. The van der Waals surface area contributed by atoms with E-state index in [1.165, 1.54) is 18.2 Å². The third kappa shape index (κ3) is 6.20. The molecule has 0 atom stereocenters. The van der Waals surface area contributed by atoms with Crippen molar-refractivity contribution in [1.29, 1.82) is 0 Å². The Labute approximate surface area is 225 Å². The van der Waals surface area contributed by atoms with Gasteiger partial charge < -0.3 is 27.0 Å². The molecule has 3 aromatic rings. The molecule has 39 heavy (non-hydrogen) atoms. The zero-order valence-electron chi connectivity index (χ0n) is 21.3. The first-order valence-electron chi connectivity index (χ1n) is 12.9. The number of hydrogen-bond acceptors (Lipinski definition) is 8. The predicted octanol–water partition coefficient (Wildman–Crippen LogP) is 3.95. The van der Waals surface area contributed by atoms with Crippen molar-refractivity contribution in [1.82, 2.24) is 9.97 Å². The fraction of sp³-hybridized carbons (Fsp3) is 0.286. The van der Waals surface area contributed by atoms with E-state index in [1.807, 2.05) is 4.90 Å². The molecular weight excluding hydrogens is 502 g/mol. The van der Waals surface area contributed by atoms with Gasteiger partial charge in [-0.3, -0.25) is 4.79 Å². The molecule has 2 aliphatic rings. The van der Waals surface area contributed by atoms with Crippen molar-refractivity contribution in [3.8, 4) is 0 Å². The number of aromatic nitrogens is 2. The molecule has 0 unspecified atom stereocenters. The molecule has 1 amide bonds. The van der Waals surface area contributed by atoms with Crippen LogP contribution in [0.15, 0.2) is 59.6 Å². The van der Waals surface area contributed by atoms with E-state index in [4.69, 9.17) is 11.5 Å². The number of nitrogens with zero attached hydrogens (tertiary/aromatic N) is 4. The van der Waals surface area contributed by atoms with Crippen molar-refractivity contribution in [2.75, 3.05) is 40.9 Å². The Bertz CT molecular complexity index is 1420. The van der Waals surface area contributed by atoms with Crippen molar-refractivity contribution < 1.29 is 13.6 Å². The Balaban J connectivity index is 1.28. The standard InChI is InChI=1S/C28H30F2N8O/c29-19-6-4-18(5-7-19)16-33-25-14-24(36-28(32)37-25)21-8-9-23(34-21)27(39)35-22-3-1-2-20(30)26(22)38-12-10-17(15-31)11-13-38/h1-8,14,17H,9-13,15-16,31H2,(H,35,39)(H3,32,33,36,37). The number of allylic oxidation sites excluding steroid dienone is 1. The van der Waals surface area contributed by atoms with Gasteiger partial charge in [0.25, 0.3) is 5.91 Å². The minimum Gasteiger partial charge on any atom is -0.368 e. The number of halogens is 2. The highest BCUT2D eigenvalue weighted by molar-refractivity contribution is 6.45. The summed E-state index contributed by atoms with van der Waals surface area (Å²) in [7, 11) is 0. The molecule has 0 radical (unpaired) electrons. The second-order valence-electron chi connectivity index (χ2n) is 9.58. The Morgan fingerprint density at radius 1 is 1.08 bits per heavy atom. The molecule has 3 heterocycles. The summed E-state index contributed by atoms with van der Waals surface area (Å²) in [6, 6.07) is 12.5. The summed E-state index contributed by atoms with van der Waals surface area (Å²) in [6.45, 7) is 2.37. The number of nitrogens with one attached hydrogen (secondary N) is 2. The molecule has 202 valence electrons. The maximum atomic E-state index is 14.9. The van der Waals surface area contributed by atoms with Gasteiger partial charge in [-0.05, 0) is 55.1 Å². The summed E-state index contributed by atoms with van der Waals surface area (Å²) in [5, 5.41) is 5.99. The Hall–Kier alpha value is -4.38. The van der Waals surface area contributed by atoms with Crippen molar-refractivity contribution in [3.63, 3.8) is 0 Å². The average molecular weight is 533 g/mol. The van der Waals surface area contributed by atoms with Crippen LogP contribution in [0.3, 0.4) is 0 Å². The number of rotatable bonds is 8. The van der Waals surface area contributed by atoms with E-state index in [9.17, 15) is 13.6 Å². The first-order chi connectivity index (χ1) is 18.9. The van der Waals surface area contributed by atoms with E-state index in [1.54, 1.807) is 36.4 Å². The number of carbonyl (C=O) groups is 1. The molecule has 6 N–H and O–H groups in total. The van der Waals surface area contributed by atoms with Gasteiger partial charge in [0, 0.05) is 32.1 Å². The number of nitrogen functional groups attached to an aromatic ring is 1. The van der Waals surface area contributed by atoms with Crippen molar-refractivity contribution >= 4 is 40.5 Å². The van der Waals surface area contributed by atoms with Crippen LogP contribution < -0.4 is 27.0 Å². The molecule has 1 fully saturated rings. The van der Waals surface area contributed by atoms with Crippen molar-refractivity contribution in [2.45, 2.75) is 25.8 Å². The molecule has 1 saturated heterocycles. The van der Waals surface area contributed by atoms with E-state index >= 15 is 0 Å². The summed E-state index contributed by atoms with van der Waals surface area (Å²) in [4.78, 5) is 28.0. The quantitative estimate of drug-likeness (QED) is 0.345. The summed E-state index contributed by atoms with van der Waals surface area (Å²) in [6.07, 6.45) is 3.82. The zero-order chi connectivity index (χ0) is 27.4. The van der Waals surface area contributed by atoms with Crippen LogP contribution in [-0.2, 0) is 11.3 Å². The fourth-order valence-corrected chi connectivity index (χ4v) is 4.74. The number of nitrogens with two attached hydrogens (primary N) is 2. The molecular formula is C28H30F2N8O. The first-order valence-corrected chi connectivity index (χ1v) is 12.9. The molecule has 0 bridgehead atoms.